The molecule has 26 heavy (non-hydrogen) atoms. The summed E-state index contributed by atoms with van der Waals surface area (Å²) in [6.45, 7) is 0. The number of phenolic OH excluding ortho intramolecular Hbond substituents is 1. The van der Waals surface area contributed by atoms with Crippen molar-refractivity contribution in [3.63, 3.8) is 0 Å². The summed E-state index contributed by atoms with van der Waals surface area (Å²) < 4.78 is 0.888. The lowest BCUT2D eigenvalue weighted by Crippen LogP contribution is -2.26. The molecule has 1 aliphatic rings. The predicted molar refractivity (Wildman–Crippen MR) is 106 cm³/mol. The number of halogens is 1. The molecule has 0 saturated carbocycles. The van der Waals surface area contributed by atoms with Crippen LogP contribution in [0.15, 0.2) is 63.2 Å². The van der Waals surface area contributed by atoms with Crippen molar-refractivity contribution in [2.75, 3.05) is 0 Å². The third kappa shape index (κ3) is 4.59. The minimum absolute atomic E-state index is 0.0837. The fourth-order valence-electron chi connectivity index (χ4n) is 2.25. The number of ketones is 1. The Morgan fingerprint density at radius 2 is 1.96 bits per heavy atom. The first-order valence-electron chi connectivity index (χ1n) is 7.68. The number of para-hydroxylation sites is 1. The standard InChI is InChI=1S/C18H14BrN3O3S/c19-13-7-5-11(6-8-13)15(24)9-16-17(25)21-18(26-16)22-20-10-12-3-1-2-4-14(12)23/h1-8,10,16,23H,9H2,(H,21,22,25)/b20-10-/t16-/m0/s1. The Kier molecular flexibility index (Phi) is 5.85. The van der Waals surface area contributed by atoms with Crippen LogP contribution < -0.4 is 5.32 Å². The maximum absolute atomic E-state index is 12.3. The number of carbonyl (C=O) groups is 2. The van der Waals surface area contributed by atoms with Crippen molar-refractivity contribution in [3.05, 3.63) is 64.1 Å². The van der Waals surface area contributed by atoms with E-state index in [1.807, 2.05) is 0 Å². The maximum Gasteiger partial charge on any atom is 0.240 e. The number of nitrogens with zero attached hydrogens (tertiary/aromatic N) is 2. The fourth-order valence-corrected chi connectivity index (χ4v) is 3.44. The minimum atomic E-state index is -0.537. The molecule has 1 heterocycles. The van der Waals surface area contributed by atoms with Gasteiger partial charge in [-0.25, -0.2) is 0 Å². The number of nitrogens with one attached hydrogen (secondary N) is 1. The molecule has 2 N–H and O–H groups in total. The summed E-state index contributed by atoms with van der Waals surface area (Å²) >= 11 is 4.49. The van der Waals surface area contributed by atoms with Crippen molar-refractivity contribution in [1.82, 2.24) is 5.32 Å². The highest BCUT2D eigenvalue weighted by molar-refractivity contribution is 9.10. The third-order valence-corrected chi connectivity index (χ3v) is 5.20. The summed E-state index contributed by atoms with van der Waals surface area (Å²) in [5.74, 6) is -0.279. The number of hydrogen-bond donors (Lipinski definition) is 2. The van der Waals surface area contributed by atoms with Crippen molar-refractivity contribution >= 4 is 50.8 Å². The zero-order valence-electron chi connectivity index (χ0n) is 13.4. The highest BCUT2D eigenvalue weighted by Gasteiger charge is 2.32. The van der Waals surface area contributed by atoms with Crippen LogP contribution in [-0.2, 0) is 4.79 Å². The van der Waals surface area contributed by atoms with Crippen LogP contribution >= 0.6 is 27.7 Å². The number of amides is 1. The van der Waals surface area contributed by atoms with Crippen LogP contribution in [0.4, 0.5) is 0 Å². The van der Waals surface area contributed by atoms with Gasteiger partial charge in [-0.3, -0.25) is 9.59 Å². The second-order valence-corrected chi connectivity index (χ2v) is 7.55. The summed E-state index contributed by atoms with van der Waals surface area (Å²) in [6.07, 6.45) is 1.48. The van der Waals surface area contributed by atoms with Gasteiger partial charge in [0.1, 0.15) is 5.75 Å². The summed E-state index contributed by atoms with van der Waals surface area (Å²) in [5, 5.41) is 19.9. The first-order chi connectivity index (χ1) is 12.5. The SMILES string of the molecule is O=C(C[C@@H]1S/C(=N\N=C/c2ccccc2O)NC1=O)c1ccc(Br)cc1. The third-order valence-electron chi connectivity index (χ3n) is 3.60. The van der Waals surface area contributed by atoms with Crippen LogP contribution in [-0.4, -0.2) is 33.4 Å². The molecule has 2 aromatic rings. The van der Waals surface area contributed by atoms with Gasteiger partial charge in [-0.05, 0) is 24.3 Å². The van der Waals surface area contributed by atoms with Crippen LogP contribution in [0.1, 0.15) is 22.3 Å². The van der Waals surface area contributed by atoms with Gasteiger partial charge in [0, 0.05) is 22.0 Å². The van der Waals surface area contributed by atoms with E-state index in [0.717, 1.165) is 4.47 Å². The zero-order valence-corrected chi connectivity index (χ0v) is 15.8. The van der Waals surface area contributed by atoms with Gasteiger partial charge < -0.3 is 10.4 Å². The fraction of sp³-hybridized carbons (Fsp3) is 0.111. The molecule has 1 saturated heterocycles. The molecule has 2 aromatic carbocycles. The Labute approximate surface area is 162 Å². The zero-order chi connectivity index (χ0) is 18.5. The minimum Gasteiger partial charge on any atom is -0.507 e. The van der Waals surface area contributed by atoms with Gasteiger partial charge >= 0.3 is 0 Å². The molecule has 0 unspecified atom stereocenters. The van der Waals surface area contributed by atoms with Gasteiger partial charge in [0.25, 0.3) is 0 Å². The molecule has 8 heteroatoms. The maximum atomic E-state index is 12.3. The van der Waals surface area contributed by atoms with E-state index in [-0.39, 0.29) is 23.9 Å². The molecule has 0 spiro atoms. The molecule has 0 bridgehead atoms. The van der Waals surface area contributed by atoms with Crippen LogP contribution in [0.5, 0.6) is 5.75 Å². The van der Waals surface area contributed by atoms with Gasteiger partial charge in [-0.2, -0.15) is 5.10 Å². The first-order valence-corrected chi connectivity index (χ1v) is 9.35. The lowest BCUT2D eigenvalue weighted by atomic mass is 10.1. The van der Waals surface area contributed by atoms with Crippen LogP contribution in [0, 0.1) is 0 Å². The molecule has 6 nitrogen and oxygen atoms in total. The van der Waals surface area contributed by atoms with Crippen molar-refractivity contribution in [2.24, 2.45) is 10.2 Å². The average Bonchev–Trinajstić information content (AvgIpc) is 2.96. The molecule has 1 fully saturated rings. The van der Waals surface area contributed by atoms with E-state index in [9.17, 15) is 14.7 Å². The number of thioether (sulfide) groups is 1. The quantitative estimate of drug-likeness (QED) is 0.431. The van der Waals surface area contributed by atoms with Crippen LogP contribution in [0.3, 0.4) is 0 Å². The van der Waals surface area contributed by atoms with E-state index < -0.39 is 5.25 Å². The Morgan fingerprint density at radius 1 is 1.23 bits per heavy atom. The van der Waals surface area contributed by atoms with E-state index in [2.05, 4.69) is 31.4 Å². The molecule has 0 aliphatic carbocycles. The van der Waals surface area contributed by atoms with Gasteiger partial charge in [0.05, 0.1) is 11.5 Å². The van der Waals surface area contributed by atoms with Crippen molar-refractivity contribution in [2.45, 2.75) is 11.7 Å². The summed E-state index contributed by atoms with van der Waals surface area (Å²) in [7, 11) is 0. The van der Waals surface area contributed by atoms with Gasteiger partial charge in [0.2, 0.25) is 5.91 Å². The van der Waals surface area contributed by atoms with Crippen LogP contribution in [0.25, 0.3) is 0 Å². The Morgan fingerprint density at radius 3 is 2.69 bits per heavy atom. The molecule has 132 valence electrons. The molecule has 3 rings (SSSR count). The smallest absolute Gasteiger partial charge is 0.240 e. The highest BCUT2D eigenvalue weighted by Crippen LogP contribution is 2.24. The number of benzene rings is 2. The number of phenols is 1. The molecule has 1 amide bonds. The number of rotatable bonds is 5. The van der Waals surface area contributed by atoms with E-state index in [0.29, 0.717) is 16.3 Å². The number of carbonyl (C=O) groups excluding carboxylic acids is 2. The number of hydrogen-bond acceptors (Lipinski definition) is 6. The van der Waals surface area contributed by atoms with Crippen molar-refractivity contribution in [1.29, 1.82) is 0 Å². The number of Topliss-reactive ketones (excluding diaryl/α,β-unsaturated/α-hetero) is 1. The highest BCUT2D eigenvalue weighted by atomic mass is 79.9. The van der Waals surface area contributed by atoms with Gasteiger partial charge in [0.15, 0.2) is 11.0 Å². The van der Waals surface area contributed by atoms with E-state index >= 15 is 0 Å². The van der Waals surface area contributed by atoms with E-state index in [4.69, 9.17) is 0 Å². The number of aromatic hydroxyl groups is 1. The molecule has 1 aliphatic heterocycles. The Hall–Kier alpha value is -2.45. The summed E-state index contributed by atoms with van der Waals surface area (Å²) in [4.78, 5) is 24.3. The van der Waals surface area contributed by atoms with Gasteiger partial charge in [-0.1, -0.05) is 52.0 Å². The molecular weight excluding hydrogens is 418 g/mol. The summed E-state index contributed by atoms with van der Waals surface area (Å²) in [6, 6.07) is 13.7. The average molecular weight is 432 g/mol. The van der Waals surface area contributed by atoms with Gasteiger partial charge in [-0.15, -0.1) is 5.10 Å². The lowest BCUT2D eigenvalue weighted by Gasteiger charge is -2.04. The second kappa shape index (κ2) is 8.29. The number of amidine groups is 1. The lowest BCUT2D eigenvalue weighted by molar-refractivity contribution is -0.118. The second-order valence-electron chi connectivity index (χ2n) is 5.44. The van der Waals surface area contributed by atoms with Crippen molar-refractivity contribution < 1.29 is 14.7 Å². The van der Waals surface area contributed by atoms with E-state index in [1.54, 1.807) is 48.5 Å². The normalized spacial score (nSPS) is 18.4. The largest absolute Gasteiger partial charge is 0.507 e. The topological polar surface area (TPSA) is 91.1 Å². The Balaban J connectivity index is 1.62. The first kappa shape index (κ1) is 18.3. The molecule has 0 radical (unpaired) electrons. The van der Waals surface area contributed by atoms with Crippen LogP contribution in [0.2, 0.25) is 0 Å². The Bertz CT molecular complexity index is 897. The molecular formula is C18H14BrN3O3S. The molecule has 1 atom stereocenters. The predicted octanol–water partition coefficient (Wildman–Crippen LogP) is 3.35. The molecule has 0 aromatic heterocycles. The monoisotopic (exact) mass is 431 g/mol. The van der Waals surface area contributed by atoms with E-state index in [1.165, 1.54) is 18.0 Å². The van der Waals surface area contributed by atoms with Crippen molar-refractivity contribution in [3.8, 4) is 5.75 Å². The summed E-state index contributed by atoms with van der Waals surface area (Å²) in [5.41, 5.74) is 1.08.